The van der Waals surface area contributed by atoms with Gasteiger partial charge < -0.3 is 10.5 Å². The van der Waals surface area contributed by atoms with Crippen LogP contribution in [0.1, 0.15) is 48.3 Å². The molecule has 2 N–H and O–H groups in total. The molecule has 0 aromatic heterocycles. The van der Waals surface area contributed by atoms with E-state index in [-0.39, 0.29) is 0 Å². The van der Waals surface area contributed by atoms with Gasteiger partial charge in [0.1, 0.15) is 5.75 Å². The molecule has 0 spiro atoms. The third kappa shape index (κ3) is 2.39. The Labute approximate surface area is 111 Å². The summed E-state index contributed by atoms with van der Waals surface area (Å²) in [7, 11) is 1.78. The van der Waals surface area contributed by atoms with Gasteiger partial charge in [0.2, 0.25) is 0 Å². The molecule has 1 saturated carbocycles. The molecular weight excluding hydrogens is 222 g/mol. The minimum absolute atomic E-state index is 0.581. The Balaban J connectivity index is 2.39. The minimum Gasteiger partial charge on any atom is -0.496 e. The zero-order valence-electron chi connectivity index (χ0n) is 11.8. The van der Waals surface area contributed by atoms with Crippen molar-refractivity contribution in [2.24, 2.45) is 11.7 Å². The Hall–Kier alpha value is -1.02. The van der Waals surface area contributed by atoms with Gasteiger partial charge in [0.25, 0.3) is 0 Å². The Morgan fingerprint density at radius 1 is 1.22 bits per heavy atom. The van der Waals surface area contributed by atoms with Crippen molar-refractivity contribution in [1.29, 1.82) is 0 Å². The number of hydrogen-bond acceptors (Lipinski definition) is 2. The van der Waals surface area contributed by atoms with Gasteiger partial charge in [0, 0.05) is 0 Å². The maximum Gasteiger partial charge on any atom is 0.125 e. The van der Waals surface area contributed by atoms with Crippen LogP contribution >= 0.6 is 0 Å². The molecule has 1 aliphatic carbocycles. The zero-order valence-corrected chi connectivity index (χ0v) is 11.8. The largest absolute Gasteiger partial charge is 0.496 e. The molecule has 2 heteroatoms. The second kappa shape index (κ2) is 5.75. The minimum atomic E-state index is 0.581. The zero-order chi connectivity index (χ0) is 13.1. The molecule has 0 heterocycles. The van der Waals surface area contributed by atoms with Crippen LogP contribution < -0.4 is 10.5 Å². The molecular formula is C16H25NO. The number of aryl methyl sites for hydroxylation is 1. The van der Waals surface area contributed by atoms with E-state index in [2.05, 4.69) is 26.0 Å². The van der Waals surface area contributed by atoms with E-state index in [4.69, 9.17) is 10.5 Å². The summed E-state index contributed by atoms with van der Waals surface area (Å²) in [5, 5.41) is 0. The highest BCUT2D eigenvalue weighted by Gasteiger charge is 2.28. The molecule has 0 saturated heterocycles. The van der Waals surface area contributed by atoms with Crippen molar-refractivity contribution < 1.29 is 4.74 Å². The lowest BCUT2D eigenvalue weighted by Crippen LogP contribution is -2.25. The van der Waals surface area contributed by atoms with Gasteiger partial charge in [-0.25, -0.2) is 0 Å². The summed E-state index contributed by atoms with van der Waals surface area (Å²) < 4.78 is 5.66. The van der Waals surface area contributed by atoms with Crippen molar-refractivity contribution >= 4 is 0 Å². The van der Waals surface area contributed by atoms with Crippen LogP contribution in [0.25, 0.3) is 0 Å². The summed E-state index contributed by atoms with van der Waals surface area (Å²) in [5.74, 6) is 2.29. The molecule has 2 atom stereocenters. The lowest BCUT2D eigenvalue weighted by Gasteiger charge is -2.32. The van der Waals surface area contributed by atoms with Gasteiger partial charge in [0.05, 0.1) is 7.11 Å². The Morgan fingerprint density at radius 2 is 1.94 bits per heavy atom. The third-order valence-corrected chi connectivity index (χ3v) is 4.52. The van der Waals surface area contributed by atoms with E-state index in [9.17, 15) is 0 Å². The van der Waals surface area contributed by atoms with Gasteiger partial charge in [-0.15, -0.1) is 0 Å². The van der Waals surface area contributed by atoms with E-state index in [0.29, 0.717) is 11.8 Å². The SMILES string of the molecule is COc1c(C2CCCCC2CN)ccc(C)c1C. The summed E-state index contributed by atoms with van der Waals surface area (Å²) >= 11 is 0. The Kier molecular flexibility index (Phi) is 4.28. The first kappa shape index (κ1) is 13.4. The van der Waals surface area contributed by atoms with Gasteiger partial charge in [0.15, 0.2) is 0 Å². The van der Waals surface area contributed by atoms with Crippen molar-refractivity contribution in [2.75, 3.05) is 13.7 Å². The van der Waals surface area contributed by atoms with E-state index in [1.807, 2.05) is 0 Å². The molecule has 1 aromatic carbocycles. The first-order chi connectivity index (χ1) is 8.69. The average molecular weight is 247 g/mol. The van der Waals surface area contributed by atoms with Crippen molar-refractivity contribution in [3.05, 3.63) is 28.8 Å². The van der Waals surface area contributed by atoms with E-state index >= 15 is 0 Å². The molecule has 1 fully saturated rings. The monoisotopic (exact) mass is 247 g/mol. The molecule has 2 unspecified atom stereocenters. The van der Waals surface area contributed by atoms with Gasteiger partial charge in [-0.1, -0.05) is 25.0 Å². The molecule has 2 rings (SSSR count). The quantitative estimate of drug-likeness (QED) is 0.886. The van der Waals surface area contributed by atoms with Gasteiger partial charge in [-0.05, 0) is 61.8 Å². The van der Waals surface area contributed by atoms with Crippen molar-refractivity contribution in [1.82, 2.24) is 0 Å². The Morgan fingerprint density at radius 3 is 2.61 bits per heavy atom. The first-order valence-electron chi connectivity index (χ1n) is 7.03. The summed E-state index contributed by atoms with van der Waals surface area (Å²) in [6.45, 7) is 5.08. The van der Waals surface area contributed by atoms with Crippen LogP contribution in [0.2, 0.25) is 0 Å². The van der Waals surface area contributed by atoms with Crippen LogP contribution in [0, 0.1) is 19.8 Å². The smallest absolute Gasteiger partial charge is 0.125 e. The van der Waals surface area contributed by atoms with Crippen LogP contribution in [0.3, 0.4) is 0 Å². The van der Waals surface area contributed by atoms with Gasteiger partial charge >= 0.3 is 0 Å². The summed E-state index contributed by atoms with van der Waals surface area (Å²) in [4.78, 5) is 0. The molecule has 0 bridgehead atoms. The first-order valence-corrected chi connectivity index (χ1v) is 7.03. The number of hydrogen-bond donors (Lipinski definition) is 1. The number of methoxy groups -OCH3 is 1. The van der Waals surface area contributed by atoms with Crippen molar-refractivity contribution in [3.63, 3.8) is 0 Å². The fourth-order valence-corrected chi connectivity index (χ4v) is 3.27. The molecule has 0 aliphatic heterocycles. The highest BCUT2D eigenvalue weighted by molar-refractivity contribution is 5.47. The van der Waals surface area contributed by atoms with Crippen LogP contribution in [-0.4, -0.2) is 13.7 Å². The molecule has 100 valence electrons. The summed E-state index contributed by atoms with van der Waals surface area (Å²) in [6, 6.07) is 4.47. The normalized spacial score (nSPS) is 24.0. The molecule has 0 amide bonds. The summed E-state index contributed by atoms with van der Waals surface area (Å²) in [5.41, 5.74) is 9.90. The predicted molar refractivity (Wildman–Crippen MR) is 76.2 cm³/mol. The molecule has 2 nitrogen and oxygen atoms in total. The van der Waals surface area contributed by atoms with E-state index < -0.39 is 0 Å². The number of benzene rings is 1. The molecule has 1 aliphatic rings. The average Bonchev–Trinajstić information content (AvgIpc) is 2.41. The highest BCUT2D eigenvalue weighted by Crippen LogP contribution is 2.42. The van der Waals surface area contributed by atoms with Gasteiger partial charge in [-0.3, -0.25) is 0 Å². The third-order valence-electron chi connectivity index (χ3n) is 4.52. The maximum atomic E-state index is 5.95. The second-order valence-electron chi connectivity index (χ2n) is 5.52. The highest BCUT2D eigenvalue weighted by atomic mass is 16.5. The van der Waals surface area contributed by atoms with Crippen molar-refractivity contribution in [3.8, 4) is 5.75 Å². The maximum absolute atomic E-state index is 5.95. The topological polar surface area (TPSA) is 35.2 Å². The Bertz CT molecular complexity index is 414. The van der Waals surface area contributed by atoms with E-state index in [0.717, 1.165) is 12.3 Å². The van der Waals surface area contributed by atoms with Crippen LogP contribution in [0.5, 0.6) is 5.75 Å². The fraction of sp³-hybridized carbons (Fsp3) is 0.625. The van der Waals surface area contributed by atoms with Gasteiger partial charge in [-0.2, -0.15) is 0 Å². The van der Waals surface area contributed by atoms with Crippen LogP contribution in [-0.2, 0) is 0 Å². The molecule has 1 aromatic rings. The van der Waals surface area contributed by atoms with E-state index in [1.165, 1.54) is 42.4 Å². The summed E-state index contributed by atoms with van der Waals surface area (Å²) in [6.07, 6.45) is 5.15. The molecule has 18 heavy (non-hydrogen) atoms. The van der Waals surface area contributed by atoms with E-state index in [1.54, 1.807) is 7.11 Å². The lowest BCUT2D eigenvalue weighted by atomic mass is 9.74. The second-order valence-corrected chi connectivity index (χ2v) is 5.52. The van der Waals surface area contributed by atoms with Crippen LogP contribution in [0.15, 0.2) is 12.1 Å². The predicted octanol–water partition coefficient (Wildman–Crippen LogP) is 3.54. The number of nitrogens with two attached hydrogens (primary N) is 1. The number of ether oxygens (including phenoxy) is 1. The lowest BCUT2D eigenvalue weighted by molar-refractivity contribution is 0.304. The standard InChI is InChI=1S/C16H25NO/c1-11-8-9-15(16(18-3)12(11)2)14-7-5-4-6-13(14)10-17/h8-9,13-14H,4-7,10,17H2,1-3H3. The van der Waals surface area contributed by atoms with Crippen LogP contribution in [0.4, 0.5) is 0 Å². The molecule has 0 radical (unpaired) electrons. The van der Waals surface area contributed by atoms with Crippen molar-refractivity contribution in [2.45, 2.75) is 45.4 Å². The fourth-order valence-electron chi connectivity index (χ4n) is 3.27. The number of rotatable bonds is 3.